The van der Waals surface area contributed by atoms with Crippen molar-refractivity contribution in [1.29, 1.82) is 0 Å². The van der Waals surface area contributed by atoms with E-state index in [1.165, 1.54) is 6.08 Å². The third-order valence-electron chi connectivity index (χ3n) is 3.65. The minimum absolute atomic E-state index is 0.0757. The highest BCUT2D eigenvalue weighted by molar-refractivity contribution is 5.87. The molecule has 1 saturated heterocycles. The van der Waals surface area contributed by atoms with Crippen LogP contribution in [0.1, 0.15) is 26.2 Å². The molecule has 3 nitrogen and oxygen atoms in total. The fraction of sp³-hybridized carbons (Fsp3) is 0.750. The van der Waals surface area contributed by atoms with Gasteiger partial charge in [-0.3, -0.25) is 4.79 Å². The van der Waals surface area contributed by atoms with E-state index in [4.69, 9.17) is 4.74 Å². The summed E-state index contributed by atoms with van der Waals surface area (Å²) in [7, 11) is 0. The number of carbonyl (C=O) groups excluding carboxylic acids is 1. The van der Waals surface area contributed by atoms with E-state index in [0.29, 0.717) is 11.5 Å². The molecule has 3 heteroatoms. The smallest absolute Gasteiger partial charge is 0.245 e. The molecule has 0 atom stereocenters. The molecular formula is C12H19NO2. The molecule has 0 N–H and O–H groups in total. The lowest BCUT2D eigenvalue weighted by Gasteiger charge is -2.44. The van der Waals surface area contributed by atoms with Crippen molar-refractivity contribution in [3.8, 4) is 0 Å². The standard InChI is InChI=1S/C12H19NO2/c1-3-11(14)13-6-5-12(9-13)7-10(8-12)15-4-2/h3,10H,1,4-9H2,2H3. The van der Waals surface area contributed by atoms with Gasteiger partial charge < -0.3 is 9.64 Å². The SMILES string of the molecule is C=CC(=O)N1CCC2(CC(OCC)C2)C1. The molecule has 0 unspecified atom stereocenters. The molecular weight excluding hydrogens is 190 g/mol. The van der Waals surface area contributed by atoms with E-state index in [1.807, 2.05) is 11.8 Å². The van der Waals surface area contributed by atoms with Crippen molar-refractivity contribution >= 4 is 5.91 Å². The molecule has 1 heterocycles. The van der Waals surface area contributed by atoms with Crippen molar-refractivity contribution in [2.24, 2.45) is 5.41 Å². The Kier molecular flexibility index (Phi) is 2.83. The van der Waals surface area contributed by atoms with Gasteiger partial charge in [-0.15, -0.1) is 0 Å². The van der Waals surface area contributed by atoms with Crippen molar-refractivity contribution in [3.05, 3.63) is 12.7 Å². The molecule has 0 aromatic carbocycles. The van der Waals surface area contributed by atoms with Crippen LogP contribution in [-0.2, 0) is 9.53 Å². The Morgan fingerprint density at radius 1 is 1.67 bits per heavy atom. The highest BCUT2D eigenvalue weighted by Crippen LogP contribution is 2.49. The first-order valence-electron chi connectivity index (χ1n) is 5.72. The Morgan fingerprint density at radius 3 is 3.00 bits per heavy atom. The zero-order valence-electron chi connectivity index (χ0n) is 9.37. The van der Waals surface area contributed by atoms with Crippen LogP contribution in [0.4, 0.5) is 0 Å². The van der Waals surface area contributed by atoms with Crippen LogP contribution in [0, 0.1) is 5.41 Å². The Bertz CT molecular complexity index is 269. The van der Waals surface area contributed by atoms with E-state index in [2.05, 4.69) is 6.58 Å². The van der Waals surface area contributed by atoms with E-state index >= 15 is 0 Å². The summed E-state index contributed by atoms with van der Waals surface area (Å²) in [4.78, 5) is 13.3. The number of ether oxygens (including phenoxy) is 1. The second-order valence-electron chi connectivity index (χ2n) is 4.70. The Balaban J connectivity index is 1.84. The highest BCUT2D eigenvalue weighted by atomic mass is 16.5. The van der Waals surface area contributed by atoms with Crippen molar-refractivity contribution < 1.29 is 9.53 Å². The molecule has 84 valence electrons. The molecule has 2 rings (SSSR count). The monoisotopic (exact) mass is 209 g/mol. The maximum atomic E-state index is 11.4. The summed E-state index contributed by atoms with van der Waals surface area (Å²) in [6.07, 6.45) is 5.24. The number of likely N-dealkylation sites (tertiary alicyclic amines) is 1. The van der Waals surface area contributed by atoms with Crippen LogP contribution in [0.3, 0.4) is 0 Å². The maximum absolute atomic E-state index is 11.4. The fourth-order valence-corrected chi connectivity index (χ4v) is 2.85. The van der Waals surface area contributed by atoms with Crippen LogP contribution in [-0.4, -0.2) is 36.6 Å². The predicted molar refractivity (Wildman–Crippen MR) is 58.5 cm³/mol. The van der Waals surface area contributed by atoms with Crippen LogP contribution >= 0.6 is 0 Å². The van der Waals surface area contributed by atoms with Crippen LogP contribution < -0.4 is 0 Å². The quantitative estimate of drug-likeness (QED) is 0.661. The van der Waals surface area contributed by atoms with Crippen molar-refractivity contribution in [3.63, 3.8) is 0 Å². The average Bonchev–Trinajstić information content (AvgIpc) is 2.61. The van der Waals surface area contributed by atoms with Crippen LogP contribution in [0.15, 0.2) is 12.7 Å². The molecule has 1 amide bonds. The van der Waals surface area contributed by atoms with E-state index in [-0.39, 0.29) is 5.91 Å². The number of carbonyl (C=O) groups is 1. The minimum Gasteiger partial charge on any atom is -0.378 e. The van der Waals surface area contributed by atoms with Gasteiger partial charge in [-0.25, -0.2) is 0 Å². The van der Waals surface area contributed by atoms with Crippen molar-refractivity contribution in [1.82, 2.24) is 4.90 Å². The molecule has 2 fully saturated rings. The number of hydrogen-bond acceptors (Lipinski definition) is 2. The van der Waals surface area contributed by atoms with Gasteiger partial charge in [-0.1, -0.05) is 6.58 Å². The van der Waals surface area contributed by atoms with Gasteiger partial charge in [-0.2, -0.15) is 0 Å². The largest absolute Gasteiger partial charge is 0.378 e. The lowest BCUT2D eigenvalue weighted by molar-refractivity contribution is -0.127. The van der Waals surface area contributed by atoms with Crippen LogP contribution in [0.2, 0.25) is 0 Å². The van der Waals surface area contributed by atoms with Gasteiger partial charge in [0, 0.05) is 19.7 Å². The third kappa shape index (κ3) is 1.93. The van der Waals surface area contributed by atoms with Gasteiger partial charge in [0.25, 0.3) is 0 Å². The second-order valence-corrected chi connectivity index (χ2v) is 4.70. The Hall–Kier alpha value is -0.830. The molecule has 0 radical (unpaired) electrons. The molecule has 0 aromatic heterocycles. The first kappa shape index (κ1) is 10.7. The molecule has 1 saturated carbocycles. The Labute approximate surface area is 91.1 Å². The first-order valence-corrected chi connectivity index (χ1v) is 5.72. The van der Waals surface area contributed by atoms with E-state index in [0.717, 1.165) is 39.0 Å². The Morgan fingerprint density at radius 2 is 2.40 bits per heavy atom. The number of amides is 1. The highest BCUT2D eigenvalue weighted by Gasteiger charge is 2.49. The number of nitrogens with zero attached hydrogens (tertiary/aromatic N) is 1. The fourth-order valence-electron chi connectivity index (χ4n) is 2.85. The van der Waals surface area contributed by atoms with Crippen molar-refractivity contribution in [2.75, 3.05) is 19.7 Å². The van der Waals surface area contributed by atoms with Gasteiger partial charge in [0.05, 0.1) is 6.10 Å². The van der Waals surface area contributed by atoms with Gasteiger partial charge in [-0.05, 0) is 37.7 Å². The van der Waals surface area contributed by atoms with Gasteiger partial charge in [0.15, 0.2) is 0 Å². The topological polar surface area (TPSA) is 29.5 Å². The number of rotatable bonds is 3. The summed E-state index contributed by atoms with van der Waals surface area (Å²) >= 11 is 0. The second kappa shape index (κ2) is 3.97. The van der Waals surface area contributed by atoms with Gasteiger partial charge in [0.1, 0.15) is 0 Å². The third-order valence-corrected chi connectivity index (χ3v) is 3.65. The lowest BCUT2D eigenvalue weighted by Crippen LogP contribution is -2.44. The molecule has 0 aromatic rings. The van der Waals surface area contributed by atoms with Crippen molar-refractivity contribution in [2.45, 2.75) is 32.3 Å². The van der Waals surface area contributed by atoms with Crippen LogP contribution in [0.5, 0.6) is 0 Å². The summed E-state index contributed by atoms with van der Waals surface area (Å²) in [6.45, 7) is 8.16. The molecule has 15 heavy (non-hydrogen) atoms. The summed E-state index contributed by atoms with van der Waals surface area (Å²) in [5, 5.41) is 0. The normalized spacial score (nSPS) is 34.2. The first-order chi connectivity index (χ1) is 7.19. The van der Waals surface area contributed by atoms with E-state index < -0.39 is 0 Å². The van der Waals surface area contributed by atoms with E-state index in [9.17, 15) is 4.79 Å². The molecule has 1 aliphatic heterocycles. The molecule has 1 aliphatic carbocycles. The zero-order valence-corrected chi connectivity index (χ0v) is 9.37. The molecule has 1 spiro atoms. The minimum atomic E-state index is 0.0757. The summed E-state index contributed by atoms with van der Waals surface area (Å²) in [5.41, 5.74) is 0.374. The van der Waals surface area contributed by atoms with Crippen LogP contribution in [0.25, 0.3) is 0 Å². The summed E-state index contributed by atoms with van der Waals surface area (Å²) in [5.74, 6) is 0.0757. The van der Waals surface area contributed by atoms with E-state index in [1.54, 1.807) is 0 Å². The van der Waals surface area contributed by atoms with Gasteiger partial charge in [0.2, 0.25) is 5.91 Å². The maximum Gasteiger partial charge on any atom is 0.245 e. The lowest BCUT2D eigenvalue weighted by atomic mass is 9.66. The predicted octanol–water partition coefficient (Wildman–Crippen LogP) is 1.59. The summed E-state index contributed by atoms with van der Waals surface area (Å²) < 4.78 is 5.56. The molecule has 2 aliphatic rings. The molecule has 0 bridgehead atoms. The number of hydrogen-bond donors (Lipinski definition) is 0. The zero-order chi connectivity index (χ0) is 10.9. The average molecular weight is 209 g/mol. The summed E-state index contributed by atoms with van der Waals surface area (Å²) in [6, 6.07) is 0. The van der Waals surface area contributed by atoms with Gasteiger partial charge >= 0.3 is 0 Å².